The van der Waals surface area contributed by atoms with Crippen LogP contribution in [-0.4, -0.2) is 115 Å². The number of aliphatic hydroxyl groups is 8. The van der Waals surface area contributed by atoms with Gasteiger partial charge >= 0.3 is 5.63 Å². The van der Waals surface area contributed by atoms with Crippen LogP contribution < -0.4 is 15.1 Å². The van der Waals surface area contributed by atoms with Gasteiger partial charge in [0.1, 0.15) is 48.8 Å². The van der Waals surface area contributed by atoms with Gasteiger partial charge in [-0.05, 0) is 12.1 Å². The Labute approximate surface area is 212 Å². The van der Waals surface area contributed by atoms with Crippen LogP contribution >= 0.6 is 0 Å². The van der Waals surface area contributed by atoms with Crippen molar-refractivity contribution in [2.75, 3.05) is 13.2 Å². The smallest absolute Gasteiger partial charge is 0.336 e. The van der Waals surface area contributed by atoms with Gasteiger partial charge < -0.3 is 68.6 Å². The van der Waals surface area contributed by atoms with Gasteiger partial charge in [0, 0.05) is 6.07 Å². The van der Waals surface area contributed by atoms with Gasteiger partial charge in [-0.25, -0.2) is 4.79 Å². The van der Waals surface area contributed by atoms with Crippen molar-refractivity contribution in [3.05, 3.63) is 34.9 Å². The van der Waals surface area contributed by atoms with Crippen molar-refractivity contribution in [3.8, 4) is 11.5 Å². The van der Waals surface area contributed by atoms with E-state index < -0.39 is 80.3 Å². The summed E-state index contributed by atoms with van der Waals surface area (Å²) in [5, 5.41) is 81.0. The maximum absolute atomic E-state index is 12.0. The van der Waals surface area contributed by atoms with Gasteiger partial charge in [0.2, 0.25) is 18.3 Å². The second-order valence-electron chi connectivity index (χ2n) is 8.95. The third-order valence-corrected chi connectivity index (χ3v) is 6.57. The van der Waals surface area contributed by atoms with Crippen molar-refractivity contribution >= 4 is 21.9 Å². The van der Waals surface area contributed by atoms with Crippen molar-refractivity contribution in [1.82, 2.24) is 0 Å². The van der Waals surface area contributed by atoms with E-state index in [-0.39, 0.29) is 33.4 Å². The second-order valence-corrected chi connectivity index (χ2v) is 8.95. The topological polar surface area (TPSA) is 242 Å². The van der Waals surface area contributed by atoms with E-state index in [0.717, 1.165) is 6.07 Å². The summed E-state index contributed by atoms with van der Waals surface area (Å²) in [6, 6.07) is 3.80. The molecule has 38 heavy (non-hydrogen) atoms. The molecule has 0 saturated carbocycles. The number of rotatable bonds is 6. The first-order valence-electron chi connectivity index (χ1n) is 11.6. The molecule has 2 aliphatic rings. The number of hydrogen-bond acceptors (Lipinski definition) is 15. The first kappa shape index (κ1) is 26.8. The minimum Gasteiger partial charge on any atom is -0.460 e. The summed E-state index contributed by atoms with van der Waals surface area (Å²) >= 11 is 0. The van der Waals surface area contributed by atoms with Gasteiger partial charge in [-0.1, -0.05) is 0 Å². The highest BCUT2D eigenvalue weighted by molar-refractivity contribution is 6.08. The van der Waals surface area contributed by atoms with Crippen LogP contribution in [0.25, 0.3) is 21.9 Å². The number of fused-ring (bicyclic) bond motifs is 3. The quantitative estimate of drug-likeness (QED) is 0.144. The highest BCUT2D eigenvalue weighted by atomic mass is 16.7. The van der Waals surface area contributed by atoms with E-state index in [1.807, 2.05) is 0 Å². The van der Waals surface area contributed by atoms with Crippen LogP contribution in [0.3, 0.4) is 0 Å². The Balaban J connectivity index is 1.63. The molecule has 2 aliphatic heterocycles. The Morgan fingerprint density at radius 3 is 1.76 bits per heavy atom. The monoisotopic (exact) mass is 542 g/mol. The SMILES string of the molecule is O=c1ccc2c(O[C@@H]3O[C@H](CO)[C@@H](O)[C@H](O)[C@H]3O)c(O[C@@H]3O[C@H](CO)[C@@H](O)[C@H](O)[C@H]3O)c3occc3c2o1. The van der Waals surface area contributed by atoms with Gasteiger partial charge in [-0.3, -0.25) is 0 Å². The molecule has 15 nitrogen and oxygen atoms in total. The molecule has 208 valence electrons. The summed E-state index contributed by atoms with van der Waals surface area (Å²) in [5.74, 6) is -0.597. The molecule has 2 saturated heterocycles. The van der Waals surface area contributed by atoms with Crippen molar-refractivity contribution in [1.29, 1.82) is 0 Å². The first-order valence-corrected chi connectivity index (χ1v) is 11.6. The van der Waals surface area contributed by atoms with E-state index in [2.05, 4.69) is 0 Å². The van der Waals surface area contributed by atoms with Crippen molar-refractivity contribution in [3.63, 3.8) is 0 Å². The lowest BCUT2D eigenvalue weighted by atomic mass is 9.99. The molecular formula is C23H26O15. The van der Waals surface area contributed by atoms with E-state index in [9.17, 15) is 45.6 Å². The van der Waals surface area contributed by atoms with Crippen molar-refractivity contribution in [2.45, 2.75) is 61.4 Å². The minimum atomic E-state index is -1.83. The molecule has 0 radical (unpaired) electrons. The fraction of sp³-hybridized carbons (Fsp3) is 0.522. The maximum Gasteiger partial charge on any atom is 0.336 e. The Morgan fingerprint density at radius 1 is 0.658 bits per heavy atom. The molecule has 1 aromatic carbocycles. The third kappa shape index (κ3) is 4.42. The molecule has 0 unspecified atom stereocenters. The van der Waals surface area contributed by atoms with E-state index in [1.54, 1.807) is 0 Å². The molecule has 5 rings (SSSR count). The Bertz CT molecular complexity index is 1330. The van der Waals surface area contributed by atoms with Crippen LogP contribution in [0.4, 0.5) is 0 Å². The lowest BCUT2D eigenvalue weighted by molar-refractivity contribution is -0.282. The molecule has 10 atom stereocenters. The fourth-order valence-electron chi connectivity index (χ4n) is 4.47. The maximum atomic E-state index is 12.0. The number of benzene rings is 1. The van der Waals surface area contributed by atoms with Gasteiger partial charge in [0.15, 0.2) is 16.9 Å². The molecule has 0 bridgehead atoms. The zero-order valence-corrected chi connectivity index (χ0v) is 19.4. The molecule has 2 fully saturated rings. The van der Waals surface area contributed by atoms with Gasteiger partial charge in [0.25, 0.3) is 0 Å². The van der Waals surface area contributed by atoms with Crippen LogP contribution in [0.2, 0.25) is 0 Å². The summed E-state index contributed by atoms with van der Waals surface area (Å²) in [6.45, 7) is -1.45. The van der Waals surface area contributed by atoms with Gasteiger partial charge in [-0.2, -0.15) is 0 Å². The Hall–Kier alpha value is -2.83. The summed E-state index contributed by atoms with van der Waals surface area (Å²) in [5.41, 5.74) is -0.841. The predicted octanol–water partition coefficient (Wildman–Crippen LogP) is -3.10. The molecule has 0 aliphatic carbocycles. The van der Waals surface area contributed by atoms with Gasteiger partial charge in [-0.15, -0.1) is 0 Å². The average molecular weight is 542 g/mol. The lowest BCUT2D eigenvalue weighted by Crippen LogP contribution is -2.60. The summed E-state index contributed by atoms with van der Waals surface area (Å²) in [4.78, 5) is 12.0. The number of aliphatic hydroxyl groups excluding tert-OH is 8. The zero-order valence-electron chi connectivity index (χ0n) is 19.4. The van der Waals surface area contributed by atoms with Crippen molar-refractivity contribution < 1.29 is 68.6 Å². The highest BCUT2D eigenvalue weighted by Gasteiger charge is 2.47. The van der Waals surface area contributed by atoms with Crippen LogP contribution in [0.1, 0.15) is 0 Å². The van der Waals surface area contributed by atoms with Crippen molar-refractivity contribution in [2.24, 2.45) is 0 Å². The Kier molecular flexibility index (Phi) is 7.31. The van der Waals surface area contributed by atoms with Crippen LogP contribution in [0.5, 0.6) is 11.5 Å². The van der Waals surface area contributed by atoms with Gasteiger partial charge in [0.05, 0.1) is 30.2 Å². The van der Waals surface area contributed by atoms with Crippen LogP contribution in [0.15, 0.2) is 38.1 Å². The summed E-state index contributed by atoms with van der Waals surface area (Å²) < 4.78 is 33.4. The van der Waals surface area contributed by atoms with E-state index in [4.69, 9.17) is 27.8 Å². The first-order chi connectivity index (χ1) is 18.2. The largest absolute Gasteiger partial charge is 0.460 e. The number of ether oxygens (including phenoxy) is 4. The lowest BCUT2D eigenvalue weighted by Gasteiger charge is -2.41. The third-order valence-electron chi connectivity index (χ3n) is 6.57. The normalized spacial score (nSPS) is 36.0. The van der Waals surface area contributed by atoms with Crippen LogP contribution in [0, 0.1) is 0 Å². The standard InChI is InChI=1S/C23H26O15/c24-5-9-12(27)14(29)16(31)22(34-9)37-20-7-1-2-11(26)36-18(7)8-3-4-33-19(8)21(20)38-23-17(32)15(30)13(28)10(6-25)35-23/h1-4,9-10,12-17,22-25,27-32H,5-6H2/t9-,10-,12-,13-,14+,15+,16-,17-,22+,23+/m1/s1. The molecular weight excluding hydrogens is 516 g/mol. The minimum absolute atomic E-state index is 0.0259. The molecule has 0 amide bonds. The molecule has 2 aromatic heterocycles. The average Bonchev–Trinajstić information content (AvgIpc) is 3.40. The van der Waals surface area contributed by atoms with E-state index in [0.29, 0.717) is 0 Å². The molecule has 15 heteroatoms. The summed E-state index contributed by atoms with van der Waals surface area (Å²) in [6.07, 6.45) is -15.3. The molecule has 8 N–H and O–H groups in total. The highest BCUT2D eigenvalue weighted by Crippen LogP contribution is 2.46. The fourth-order valence-corrected chi connectivity index (χ4v) is 4.47. The summed E-state index contributed by atoms with van der Waals surface area (Å²) in [7, 11) is 0. The van der Waals surface area contributed by atoms with E-state index in [1.165, 1.54) is 18.4 Å². The number of furan rings is 1. The van der Waals surface area contributed by atoms with Crippen LogP contribution in [-0.2, 0) is 9.47 Å². The number of hydrogen-bond donors (Lipinski definition) is 8. The van der Waals surface area contributed by atoms with E-state index >= 15 is 0 Å². The Morgan fingerprint density at radius 2 is 1.21 bits per heavy atom. The predicted molar refractivity (Wildman–Crippen MR) is 121 cm³/mol. The zero-order chi connectivity index (χ0) is 27.3. The second kappa shape index (κ2) is 10.4. The molecule has 0 spiro atoms. The molecule has 4 heterocycles. The molecule has 3 aromatic rings.